The van der Waals surface area contributed by atoms with E-state index in [-0.39, 0.29) is 18.4 Å². The van der Waals surface area contributed by atoms with Crippen LogP contribution in [0.1, 0.15) is 9.75 Å². The lowest BCUT2D eigenvalue weighted by atomic mass is 10.3. The zero-order valence-electron chi connectivity index (χ0n) is 11.9. The number of benzene rings is 1. The molecule has 2 rings (SSSR count). The Kier molecular flexibility index (Phi) is 5.91. The number of nitrogens with one attached hydrogen (secondary N) is 2. The lowest BCUT2D eigenvalue weighted by Crippen LogP contribution is -2.31. The molecule has 0 aliphatic rings. The van der Waals surface area contributed by atoms with Crippen LogP contribution in [0.25, 0.3) is 6.08 Å². The summed E-state index contributed by atoms with van der Waals surface area (Å²) >= 11 is 4.95. The molecule has 1 aromatic heterocycles. The lowest BCUT2D eigenvalue weighted by Gasteiger charge is -2.07. The third-order valence-corrected chi connectivity index (χ3v) is 4.39. The molecule has 2 N–H and O–H groups in total. The van der Waals surface area contributed by atoms with Crippen LogP contribution in [-0.4, -0.2) is 18.4 Å². The van der Waals surface area contributed by atoms with Crippen LogP contribution < -0.4 is 10.6 Å². The van der Waals surface area contributed by atoms with Crippen molar-refractivity contribution in [2.45, 2.75) is 6.92 Å². The van der Waals surface area contributed by atoms with Crippen molar-refractivity contribution in [3.05, 3.63) is 56.7 Å². The molecule has 114 valence electrons. The summed E-state index contributed by atoms with van der Waals surface area (Å²) in [4.78, 5) is 25.6. The van der Waals surface area contributed by atoms with Crippen LogP contribution in [0.4, 0.5) is 5.69 Å². The van der Waals surface area contributed by atoms with E-state index in [2.05, 4.69) is 26.6 Å². The third-order valence-electron chi connectivity index (χ3n) is 2.73. The first-order chi connectivity index (χ1) is 10.5. The van der Waals surface area contributed by atoms with Crippen LogP contribution in [0.15, 0.2) is 46.9 Å². The molecule has 6 heteroatoms. The standard InChI is InChI=1S/C16H15BrN2O2S/c1-11-6-7-12(22-11)8-9-15(20)18-10-16(21)19-14-5-3-2-4-13(14)17/h2-9H,10H2,1H3,(H,18,20)(H,19,21)/b9-8+. The molecular formula is C16H15BrN2O2S. The normalized spacial score (nSPS) is 10.6. The maximum absolute atomic E-state index is 11.8. The number of thiophene rings is 1. The summed E-state index contributed by atoms with van der Waals surface area (Å²) in [6.07, 6.45) is 3.16. The number of carbonyl (C=O) groups is 2. The van der Waals surface area contributed by atoms with Gasteiger partial charge in [0.1, 0.15) is 0 Å². The molecule has 0 aliphatic heterocycles. The molecule has 0 unspecified atom stereocenters. The molecule has 0 bridgehead atoms. The largest absolute Gasteiger partial charge is 0.343 e. The van der Waals surface area contributed by atoms with E-state index < -0.39 is 0 Å². The SMILES string of the molecule is Cc1ccc(/C=C/C(=O)NCC(=O)Nc2ccccc2Br)s1. The first-order valence-corrected chi connectivity index (χ1v) is 8.22. The number of hydrogen-bond donors (Lipinski definition) is 2. The zero-order chi connectivity index (χ0) is 15.9. The highest BCUT2D eigenvalue weighted by Crippen LogP contribution is 2.20. The number of amides is 2. The topological polar surface area (TPSA) is 58.2 Å². The second kappa shape index (κ2) is 7.91. The van der Waals surface area contributed by atoms with Gasteiger partial charge in [-0.15, -0.1) is 11.3 Å². The van der Waals surface area contributed by atoms with Crippen molar-refractivity contribution in [3.8, 4) is 0 Å². The Balaban J connectivity index is 1.80. The molecule has 0 saturated heterocycles. The van der Waals surface area contributed by atoms with Gasteiger partial charge in [0.2, 0.25) is 11.8 Å². The van der Waals surface area contributed by atoms with E-state index in [0.29, 0.717) is 5.69 Å². The summed E-state index contributed by atoms with van der Waals surface area (Å²) in [5.74, 6) is -0.575. The number of carbonyl (C=O) groups excluding carboxylic acids is 2. The monoisotopic (exact) mass is 378 g/mol. The van der Waals surface area contributed by atoms with Crippen LogP contribution in [0.5, 0.6) is 0 Å². The second-order valence-corrected chi connectivity index (χ2v) is 6.70. The van der Waals surface area contributed by atoms with E-state index >= 15 is 0 Å². The van der Waals surface area contributed by atoms with Crippen LogP contribution in [-0.2, 0) is 9.59 Å². The van der Waals surface area contributed by atoms with Crippen LogP contribution in [0.2, 0.25) is 0 Å². The number of rotatable bonds is 5. The predicted molar refractivity (Wildman–Crippen MR) is 93.9 cm³/mol. The summed E-state index contributed by atoms with van der Waals surface area (Å²) < 4.78 is 0.794. The Morgan fingerprint density at radius 2 is 2.00 bits per heavy atom. The van der Waals surface area contributed by atoms with Crippen molar-refractivity contribution in [2.24, 2.45) is 0 Å². The molecule has 0 aliphatic carbocycles. The summed E-state index contributed by atoms with van der Waals surface area (Å²) in [6.45, 7) is 1.93. The van der Waals surface area contributed by atoms with E-state index in [4.69, 9.17) is 0 Å². The molecule has 0 atom stereocenters. The fourth-order valence-electron chi connectivity index (χ4n) is 1.68. The maximum atomic E-state index is 11.8. The fraction of sp³-hybridized carbons (Fsp3) is 0.125. The van der Waals surface area contributed by atoms with Gasteiger partial charge in [0, 0.05) is 20.3 Å². The van der Waals surface area contributed by atoms with Gasteiger partial charge in [0.25, 0.3) is 0 Å². The van der Waals surface area contributed by atoms with Gasteiger partial charge in [-0.1, -0.05) is 12.1 Å². The van der Waals surface area contributed by atoms with Gasteiger partial charge in [0.05, 0.1) is 12.2 Å². The van der Waals surface area contributed by atoms with Crippen LogP contribution in [0, 0.1) is 6.92 Å². The Labute approximate surface area is 141 Å². The minimum atomic E-state index is -0.298. The van der Waals surface area contributed by atoms with Gasteiger partial charge < -0.3 is 10.6 Å². The minimum absolute atomic E-state index is 0.0754. The van der Waals surface area contributed by atoms with Gasteiger partial charge in [-0.2, -0.15) is 0 Å². The Hall–Kier alpha value is -1.92. The van der Waals surface area contributed by atoms with E-state index in [0.717, 1.165) is 9.35 Å². The predicted octanol–water partition coefficient (Wildman–Crippen LogP) is 3.59. The highest BCUT2D eigenvalue weighted by atomic mass is 79.9. The van der Waals surface area contributed by atoms with E-state index in [9.17, 15) is 9.59 Å². The van der Waals surface area contributed by atoms with Crippen LogP contribution in [0.3, 0.4) is 0 Å². The summed E-state index contributed by atoms with van der Waals surface area (Å²) in [7, 11) is 0. The van der Waals surface area contributed by atoms with E-state index in [1.807, 2.05) is 37.3 Å². The van der Waals surface area contributed by atoms with E-state index in [1.54, 1.807) is 23.5 Å². The molecule has 1 aromatic carbocycles. The maximum Gasteiger partial charge on any atom is 0.244 e. The number of para-hydroxylation sites is 1. The average Bonchev–Trinajstić information content (AvgIpc) is 2.91. The zero-order valence-corrected chi connectivity index (χ0v) is 14.3. The smallest absolute Gasteiger partial charge is 0.244 e. The van der Waals surface area contributed by atoms with Gasteiger partial charge in [-0.05, 0) is 53.2 Å². The molecule has 1 heterocycles. The van der Waals surface area contributed by atoms with Crippen molar-refractivity contribution >= 4 is 50.8 Å². The molecule has 0 radical (unpaired) electrons. The minimum Gasteiger partial charge on any atom is -0.343 e. The summed E-state index contributed by atoms with van der Waals surface area (Å²) in [5.41, 5.74) is 0.673. The second-order valence-electron chi connectivity index (χ2n) is 4.53. The highest BCUT2D eigenvalue weighted by molar-refractivity contribution is 9.10. The Morgan fingerprint density at radius 3 is 2.68 bits per heavy atom. The van der Waals surface area contributed by atoms with Crippen molar-refractivity contribution in [3.63, 3.8) is 0 Å². The van der Waals surface area contributed by atoms with Crippen LogP contribution >= 0.6 is 27.3 Å². The average molecular weight is 379 g/mol. The number of aryl methyl sites for hydroxylation is 1. The molecule has 0 spiro atoms. The molecule has 4 nitrogen and oxygen atoms in total. The first-order valence-electron chi connectivity index (χ1n) is 6.61. The molecule has 2 amide bonds. The molecule has 2 aromatic rings. The lowest BCUT2D eigenvalue weighted by molar-refractivity contribution is -0.121. The van der Waals surface area contributed by atoms with Crippen molar-refractivity contribution < 1.29 is 9.59 Å². The Bertz CT molecular complexity index is 710. The van der Waals surface area contributed by atoms with Crippen molar-refractivity contribution in [2.75, 3.05) is 11.9 Å². The van der Waals surface area contributed by atoms with Gasteiger partial charge in [0.15, 0.2) is 0 Å². The van der Waals surface area contributed by atoms with Gasteiger partial charge in [-0.3, -0.25) is 9.59 Å². The van der Waals surface area contributed by atoms with Gasteiger partial charge in [-0.25, -0.2) is 0 Å². The number of halogens is 1. The Morgan fingerprint density at radius 1 is 1.23 bits per heavy atom. The first kappa shape index (κ1) is 16.5. The molecule has 22 heavy (non-hydrogen) atoms. The van der Waals surface area contributed by atoms with Crippen molar-refractivity contribution in [1.82, 2.24) is 5.32 Å². The molecular weight excluding hydrogens is 364 g/mol. The highest BCUT2D eigenvalue weighted by Gasteiger charge is 2.06. The number of anilines is 1. The molecule has 0 saturated carbocycles. The number of hydrogen-bond acceptors (Lipinski definition) is 3. The summed E-state index contributed by atoms with van der Waals surface area (Å²) in [6, 6.07) is 11.2. The summed E-state index contributed by atoms with van der Waals surface area (Å²) in [5, 5.41) is 5.27. The third kappa shape index (κ3) is 5.13. The fourth-order valence-corrected chi connectivity index (χ4v) is 2.85. The molecule has 0 fully saturated rings. The van der Waals surface area contributed by atoms with Crippen molar-refractivity contribution in [1.29, 1.82) is 0 Å². The quantitative estimate of drug-likeness (QED) is 0.781. The van der Waals surface area contributed by atoms with Gasteiger partial charge >= 0.3 is 0 Å². The van der Waals surface area contributed by atoms with E-state index in [1.165, 1.54) is 11.0 Å².